The second-order valence-corrected chi connectivity index (χ2v) is 4.29. The minimum Gasteiger partial charge on any atom is -0.385 e. The summed E-state index contributed by atoms with van der Waals surface area (Å²) in [5, 5.41) is 10.2. The number of rotatable bonds is 1. The van der Waals surface area contributed by atoms with Gasteiger partial charge < -0.3 is 5.11 Å². The lowest BCUT2D eigenvalue weighted by Crippen LogP contribution is -2.33. The summed E-state index contributed by atoms with van der Waals surface area (Å²) < 4.78 is 39.4. The molecule has 1 saturated carbocycles. The van der Waals surface area contributed by atoms with Gasteiger partial charge in [-0.15, -0.1) is 0 Å². The van der Waals surface area contributed by atoms with Crippen LogP contribution >= 0.6 is 0 Å². The van der Waals surface area contributed by atoms with Gasteiger partial charge in [0.15, 0.2) is 17.5 Å². The molecule has 1 aromatic rings. The highest BCUT2D eigenvalue weighted by atomic mass is 19.2. The van der Waals surface area contributed by atoms with Crippen molar-refractivity contribution in [1.82, 2.24) is 0 Å². The van der Waals surface area contributed by atoms with Crippen LogP contribution in [0.25, 0.3) is 0 Å². The second kappa shape index (κ2) is 4.14. The van der Waals surface area contributed by atoms with Crippen LogP contribution in [0.2, 0.25) is 0 Å². The molecule has 2 rings (SSSR count). The molecule has 5 heteroatoms. The maximum absolute atomic E-state index is 13.5. The van der Waals surface area contributed by atoms with Crippen molar-refractivity contribution in [3.8, 4) is 0 Å². The third-order valence-electron chi connectivity index (χ3n) is 3.17. The monoisotopic (exact) mass is 244 g/mol. The van der Waals surface area contributed by atoms with Gasteiger partial charge in [-0.2, -0.15) is 0 Å². The predicted molar refractivity (Wildman–Crippen MR) is 53.7 cm³/mol. The fraction of sp³-hybridized carbons (Fsp3) is 0.417. The van der Waals surface area contributed by atoms with E-state index in [9.17, 15) is 23.1 Å². The fourth-order valence-corrected chi connectivity index (χ4v) is 2.10. The fourth-order valence-electron chi connectivity index (χ4n) is 2.10. The van der Waals surface area contributed by atoms with Crippen molar-refractivity contribution in [1.29, 1.82) is 0 Å². The number of hydrogen-bond donors (Lipinski definition) is 1. The Morgan fingerprint density at radius 3 is 2.24 bits per heavy atom. The smallest absolute Gasteiger partial charge is 0.194 e. The molecule has 0 aromatic heterocycles. The molecule has 0 radical (unpaired) electrons. The molecule has 2 nitrogen and oxygen atoms in total. The lowest BCUT2D eigenvalue weighted by Gasteiger charge is -2.32. The number of carbonyl (C=O) groups excluding carboxylic acids is 1. The molecule has 1 aromatic carbocycles. The Balaban J connectivity index is 2.40. The summed E-state index contributed by atoms with van der Waals surface area (Å²) in [6, 6.07) is 1.81. The first-order valence-corrected chi connectivity index (χ1v) is 5.32. The largest absolute Gasteiger partial charge is 0.385 e. The number of Topliss-reactive ketones (excluding diaryl/α,β-unsaturated/α-hetero) is 1. The van der Waals surface area contributed by atoms with Gasteiger partial charge in [-0.05, 0) is 18.9 Å². The molecular weight excluding hydrogens is 233 g/mol. The average molecular weight is 244 g/mol. The van der Waals surface area contributed by atoms with E-state index in [1.165, 1.54) is 0 Å². The van der Waals surface area contributed by atoms with Gasteiger partial charge in [-0.3, -0.25) is 4.79 Å². The van der Waals surface area contributed by atoms with E-state index in [-0.39, 0.29) is 37.0 Å². The summed E-state index contributed by atoms with van der Waals surface area (Å²) >= 11 is 0. The zero-order valence-corrected chi connectivity index (χ0v) is 8.97. The third-order valence-corrected chi connectivity index (χ3v) is 3.17. The van der Waals surface area contributed by atoms with Crippen molar-refractivity contribution >= 4 is 5.78 Å². The van der Waals surface area contributed by atoms with Crippen molar-refractivity contribution in [2.45, 2.75) is 31.3 Å². The van der Waals surface area contributed by atoms with E-state index < -0.39 is 23.1 Å². The van der Waals surface area contributed by atoms with Gasteiger partial charge in [0.25, 0.3) is 0 Å². The van der Waals surface area contributed by atoms with Crippen LogP contribution in [-0.2, 0) is 10.4 Å². The predicted octanol–water partition coefficient (Wildman–Crippen LogP) is 2.43. The van der Waals surface area contributed by atoms with E-state index in [0.29, 0.717) is 0 Å². The van der Waals surface area contributed by atoms with Crippen molar-refractivity contribution < 1.29 is 23.1 Å². The topological polar surface area (TPSA) is 37.3 Å². The molecule has 1 aliphatic rings. The molecule has 1 fully saturated rings. The molecular formula is C12H11F3O2. The summed E-state index contributed by atoms with van der Waals surface area (Å²) in [4.78, 5) is 11.0. The van der Waals surface area contributed by atoms with Crippen LogP contribution in [0.5, 0.6) is 0 Å². The highest BCUT2D eigenvalue weighted by Crippen LogP contribution is 2.37. The van der Waals surface area contributed by atoms with Gasteiger partial charge in [0, 0.05) is 18.4 Å². The van der Waals surface area contributed by atoms with Crippen molar-refractivity contribution in [2.75, 3.05) is 0 Å². The second-order valence-electron chi connectivity index (χ2n) is 4.29. The lowest BCUT2D eigenvalue weighted by molar-refractivity contribution is -0.125. The van der Waals surface area contributed by atoms with E-state index in [1.807, 2.05) is 0 Å². The molecule has 17 heavy (non-hydrogen) atoms. The van der Waals surface area contributed by atoms with Crippen molar-refractivity contribution in [2.24, 2.45) is 0 Å². The zero-order chi connectivity index (χ0) is 12.6. The molecule has 0 spiro atoms. The normalized spacial score (nSPS) is 19.4. The Morgan fingerprint density at radius 2 is 1.65 bits per heavy atom. The van der Waals surface area contributed by atoms with Crippen LogP contribution in [0.4, 0.5) is 13.2 Å². The van der Waals surface area contributed by atoms with E-state index in [0.717, 1.165) is 12.1 Å². The molecule has 0 bridgehead atoms. The van der Waals surface area contributed by atoms with Crippen LogP contribution in [0.3, 0.4) is 0 Å². The van der Waals surface area contributed by atoms with Crippen LogP contribution < -0.4 is 0 Å². The highest BCUT2D eigenvalue weighted by molar-refractivity contribution is 5.79. The highest BCUT2D eigenvalue weighted by Gasteiger charge is 2.37. The number of carbonyl (C=O) groups is 1. The van der Waals surface area contributed by atoms with Crippen molar-refractivity contribution in [3.63, 3.8) is 0 Å². The van der Waals surface area contributed by atoms with E-state index >= 15 is 0 Å². The summed E-state index contributed by atoms with van der Waals surface area (Å²) in [6.45, 7) is 0. The summed E-state index contributed by atoms with van der Waals surface area (Å²) in [6.07, 6.45) is 0.311. The Labute approximate surface area is 96.1 Å². The van der Waals surface area contributed by atoms with Gasteiger partial charge >= 0.3 is 0 Å². The Kier molecular flexibility index (Phi) is 2.95. The SMILES string of the molecule is O=C1CCC(O)(c2ccc(F)c(F)c2F)CC1. The first-order chi connectivity index (χ1) is 7.94. The number of hydrogen-bond acceptors (Lipinski definition) is 2. The summed E-state index contributed by atoms with van der Waals surface area (Å²) in [5.41, 5.74) is -1.85. The standard InChI is InChI=1S/C12H11F3O2/c13-9-2-1-8(10(14)11(9)15)12(17)5-3-7(16)4-6-12/h1-2,17H,3-6H2. The minimum atomic E-state index is -1.59. The Morgan fingerprint density at radius 1 is 1.06 bits per heavy atom. The van der Waals surface area contributed by atoms with Crippen LogP contribution in [0.15, 0.2) is 12.1 Å². The Hall–Kier alpha value is -1.36. The first-order valence-electron chi connectivity index (χ1n) is 5.32. The Bertz CT molecular complexity index is 461. The average Bonchev–Trinajstić information content (AvgIpc) is 2.30. The molecule has 1 aliphatic carbocycles. The minimum absolute atomic E-state index is 0.0160. The molecule has 1 N–H and O–H groups in total. The maximum Gasteiger partial charge on any atom is 0.194 e. The van der Waals surface area contributed by atoms with E-state index in [2.05, 4.69) is 0 Å². The zero-order valence-electron chi connectivity index (χ0n) is 8.97. The number of aliphatic hydroxyl groups is 1. The first kappa shape index (κ1) is 12.1. The van der Waals surface area contributed by atoms with E-state index in [1.54, 1.807) is 0 Å². The van der Waals surface area contributed by atoms with E-state index in [4.69, 9.17) is 0 Å². The van der Waals surface area contributed by atoms with Crippen LogP contribution in [-0.4, -0.2) is 10.9 Å². The summed E-state index contributed by atoms with van der Waals surface area (Å²) in [5.74, 6) is -4.27. The van der Waals surface area contributed by atoms with Gasteiger partial charge in [0.05, 0.1) is 5.60 Å². The number of ketones is 1. The van der Waals surface area contributed by atoms with Crippen LogP contribution in [0.1, 0.15) is 31.2 Å². The number of benzene rings is 1. The van der Waals surface area contributed by atoms with Crippen LogP contribution in [0, 0.1) is 17.5 Å². The maximum atomic E-state index is 13.5. The van der Waals surface area contributed by atoms with Gasteiger partial charge in [-0.1, -0.05) is 6.07 Å². The summed E-state index contributed by atoms with van der Waals surface area (Å²) in [7, 11) is 0. The van der Waals surface area contributed by atoms with Crippen molar-refractivity contribution in [3.05, 3.63) is 35.1 Å². The molecule has 0 atom stereocenters. The molecule has 92 valence electrons. The quantitative estimate of drug-likeness (QED) is 0.770. The molecule has 0 saturated heterocycles. The molecule has 0 heterocycles. The molecule has 0 aliphatic heterocycles. The third kappa shape index (κ3) is 2.07. The van der Waals surface area contributed by atoms with Gasteiger partial charge in [0.2, 0.25) is 0 Å². The van der Waals surface area contributed by atoms with Gasteiger partial charge in [-0.25, -0.2) is 13.2 Å². The molecule has 0 amide bonds. The number of halogens is 3. The van der Waals surface area contributed by atoms with Gasteiger partial charge in [0.1, 0.15) is 5.78 Å². The lowest BCUT2D eigenvalue weighted by atomic mass is 9.79. The molecule has 0 unspecified atom stereocenters.